The lowest BCUT2D eigenvalue weighted by molar-refractivity contribution is -0.144. The van der Waals surface area contributed by atoms with Crippen LogP contribution in [0.1, 0.15) is 12.5 Å². The van der Waals surface area contributed by atoms with Gasteiger partial charge in [-0.05, 0) is 19.1 Å². The number of hydrogen-bond acceptors (Lipinski definition) is 4. The van der Waals surface area contributed by atoms with Crippen molar-refractivity contribution in [3.8, 4) is 5.75 Å². The Kier molecular flexibility index (Phi) is 5.74. The summed E-state index contributed by atoms with van der Waals surface area (Å²) in [5.74, 6) is -1.30. The smallest absolute Gasteiger partial charge is 0.328 e. The number of benzene rings is 1. The van der Waals surface area contributed by atoms with Crippen LogP contribution in [-0.4, -0.2) is 41.3 Å². The molecule has 0 aliphatic rings. The fraction of sp³-hybridized carbons (Fsp3) is 0.286. The molecule has 108 valence electrons. The van der Waals surface area contributed by atoms with E-state index in [9.17, 15) is 14.7 Å². The van der Waals surface area contributed by atoms with Crippen LogP contribution in [0.4, 0.5) is 0 Å². The average Bonchev–Trinajstić information content (AvgIpc) is 2.42. The van der Waals surface area contributed by atoms with Gasteiger partial charge in [0, 0.05) is 11.6 Å². The second-order valence-electron chi connectivity index (χ2n) is 4.14. The van der Waals surface area contributed by atoms with Gasteiger partial charge in [-0.1, -0.05) is 18.2 Å². The van der Waals surface area contributed by atoms with Crippen LogP contribution < -0.4 is 10.1 Å². The maximum atomic E-state index is 11.6. The summed E-state index contributed by atoms with van der Waals surface area (Å²) in [4.78, 5) is 22.5. The summed E-state index contributed by atoms with van der Waals surface area (Å²) in [6, 6.07) is 5.74. The number of hydrogen-bond donors (Lipinski definition) is 3. The van der Waals surface area contributed by atoms with E-state index in [1.807, 2.05) is 0 Å². The first-order valence-electron chi connectivity index (χ1n) is 5.98. The summed E-state index contributed by atoms with van der Waals surface area (Å²) in [6.07, 6.45) is 1.52. The van der Waals surface area contributed by atoms with Gasteiger partial charge in [-0.15, -0.1) is 0 Å². The Balaban J connectivity index is 2.75. The number of rotatable bonds is 6. The molecule has 3 N–H and O–H groups in total. The molecular weight excluding hydrogens is 262 g/mol. The van der Waals surface area contributed by atoms with Crippen LogP contribution in [0.5, 0.6) is 5.75 Å². The molecule has 6 heteroatoms. The van der Waals surface area contributed by atoms with Crippen molar-refractivity contribution in [2.24, 2.45) is 0 Å². The van der Waals surface area contributed by atoms with Crippen LogP contribution >= 0.6 is 0 Å². The van der Waals surface area contributed by atoms with Gasteiger partial charge in [-0.25, -0.2) is 4.79 Å². The summed E-state index contributed by atoms with van der Waals surface area (Å²) >= 11 is 0. The van der Waals surface area contributed by atoms with Crippen LogP contribution in [0.15, 0.2) is 30.3 Å². The number of aliphatic carboxylic acids is 1. The minimum atomic E-state index is -1.34. The number of carbonyl (C=O) groups is 2. The first-order valence-corrected chi connectivity index (χ1v) is 5.98. The van der Waals surface area contributed by atoms with E-state index in [-0.39, 0.29) is 0 Å². The Bertz CT molecular complexity index is 510. The van der Waals surface area contributed by atoms with Gasteiger partial charge >= 0.3 is 5.97 Å². The molecule has 1 aromatic rings. The molecule has 1 rings (SSSR count). The maximum Gasteiger partial charge on any atom is 0.328 e. The first kappa shape index (κ1) is 15.7. The second kappa shape index (κ2) is 7.30. The molecule has 20 heavy (non-hydrogen) atoms. The Labute approximate surface area is 116 Å². The number of aliphatic hydroxyl groups is 1. The predicted molar refractivity (Wildman–Crippen MR) is 73.3 cm³/mol. The molecule has 1 amide bonds. The topological polar surface area (TPSA) is 95.9 Å². The van der Waals surface area contributed by atoms with Gasteiger partial charge in [0.25, 0.3) is 0 Å². The molecule has 0 spiro atoms. The van der Waals surface area contributed by atoms with E-state index in [1.165, 1.54) is 26.2 Å². The lowest BCUT2D eigenvalue weighted by Gasteiger charge is -2.15. The summed E-state index contributed by atoms with van der Waals surface area (Å²) in [5, 5.41) is 20.3. The number of nitrogens with one attached hydrogen (secondary N) is 1. The van der Waals surface area contributed by atoms with Crippen molar-refractivity contribution in [1.29, 1.82) is 0 Å². The zero-order valence-corrected chi connectivity index (χ0v) is 11.2. The summed E-state index contributed by atoms with van der Waals surface area (Å²) < 4.78 is 5.12. The third-order valence-corrected chi connectivity index (χ3v) is 2.60. The lowest BCUT2D eigenvalue weighted by Crippen LogP contribution is -2.47. The van der Waals surface area contributed by atoms with Crippen molar-refractivity contribution in [3.63, 3.8) is 0 Å². The highest BCUT2D eigenvalue weighted by Gasteiger charge is 2.23. The molecule has 0 bridgehead atoms. The highest BCUT2D eigenvalue weighted by atomic mass is 16.5. The fourth-order valence-corrected chi connectivity index (χ4v) is 1.56. The number of carbonyl (C=O) groups excluding carboxylic acids is 1. The molecule has 2 atom stereocenters. The van der Waals surface area contributed by atoms with Gasteiger partial charge < -0.3 is 20.3 Å². The Hall–Kier alpha value is -2.34. The maximum absolute atomic E-state index is 11.6. The van der Waals surface area contributed by atoms with E-state index in [4.69, 9.17) is 9.84 Å². The van der Waals surface area contributed by atoms with Crippen molar-refractivity contribution in [2.75, 3.05) is 7.11 Å². The molecule has 0 aromatic heterocycles. The summed E-state index contributed by atoms with van der Waals surface area (Å²) in [7, 11) is 1.51. The van der Waals surface area contributed by atoms with Crippen molar-refractivity contribution >= 4 is 18.0 Å². The lowest BCUT2D eigenvalue weighted by atomic mass is 10.1. The van der Waals surface area contributed by atoms with E-state index in [0.29, 0.717) is 11.3 Å². The van der Waals surface area contributed by atoms with Crippen LogP contribution in [0.3, 0.4) is 0 Å². The fourth-order valence-electron chi connectivity index (χ4n) is 1.56. The largest absolute Gasteiger partial charge is 0.496 e. The monoisotopic (exact) mass is 279 g/mol. The Morgan fingerprint density at radius 2 is 2.00 bits per heavy atom. The van der Waals surface area contributed by atoms with E-state index in [1.54, 1.807) is 24.3 Å². The van der Waals surface area contributed by atoms with Gasteiger partial charge in [0.05, 0.1) is 13.2 Å². The zero-order chi connectivity index (χ0) is 15.1. The van der Waals surface area contributed by atoms with Crippen LogP contribution in [0, 0.1) is 0 Å². The van der Waals surface area contributed by atoms with E-state index < -0.39 is 24.0 Å². The minimum Gasteiger partial charge on any atom is -0.496 e. The summed E-state index contributed by atoms with van der Waals surface area (Å²) in [6.45, 7) is 1.29. The highest BCUT2D eigenvalue weighted by molar-refractivity contribution is 5.94. The van der Waals surface area contributed by atoms with Crippen LogP contribution in [-0.2, 0) is 9.59 Å². The molecule has 0 aliphatic carbocycles. The van der Waals surface area contributed by atoms with Gasteiger partial charge in [0.1, 0.15) is 5.75 Å². The number of amides is 1. The van der Waals surface area contributed by atoms with Crippen molar-refractivity contribution in [2.45, 2.75) is 19.1 Å². The Morgan fingerprint density at radius 1 is 1.35 bits per heavy atom. The van der Waals surface area contributed by atoms with Gasteiger partial charge in [-0.3, -0.25) is 4.79 Å². The highest BCUT2D eigenvalue weighted by Crippen LogP contribution is 2.18. The molecular formula is C14H17NO5. The SMILES string of the molecule is COc1ccccc1/C=C/C(=O)NC(C(=O)O)C(C)O. The number of carboxylic acid groups (broad SMARTS) is 1. The van der Waals surface area contributed by atoms with E-state index in [2.05, 4.69) is 5.32 Å². The van der Waals surface area contributed by atoms with Crippen LogP contribution in [0.2, 0.25) is 0 Å². The number of ether oxygens (including phenoxy) is 1. The average molecular weight is 279 g/mol. The third kappa shape index (κ3) is 4.40. The third-order valence-electron chi connectivity index (χ3n) is 2.60. The van der Waals surface area contributed by atoms with E-state index in [0.717, 1.165) is 0 Å². The van der Waals surface area contributed by atoms with E-state index >= 15 is 0 Å². The standard InChI is InChI=1S/C14H17NO5/c1-9(16)13(14(18)19)15-12(17)8-7-10-5-3-4-6-11(10)20-2/h3-9,13,16H,1-2H3,(H,15,17)(H,18,19)/b8-7+. The normalized spacial score (nSPS) is 13.8. The van der Waals surface area contributed by atoms with Crippen molar-refractivity contribution < 1.29 is 24.5 Å². The minimum absolute atomic E-state index is 0.599. The molecule has 0 aliphatic heterocycles. The molecule has 0 radical (unpaired) electrons. The molecule has 6 nitrogen and oxygen atoms in total. The number of para-hydroxylation sites is 1. The summed E-state index contributed by atoms with van der Waals surface area (Å²) in [5.41, 5.74) is 0.689. The van der Waals surface area contributed by atoms with Crippen molar-refractivity contribution in [1.82, 2.24) is 5.32 Å². The van der Waals surface area contributed by atoms with Crippen molar-refractivity contribution in [3.05, 3.63) is 35.9 Å². The second-order valence-corrected chi connectivity index (χ2v) is 4.14. The molecule has 2 unspecified atom stereocenters. The predicted octanol–water partition coefficient (Wildman–Crippen LogP) is 0.659. The first-order chi connectivity index (χ1) is 9.45. The molecule has 1 aromatic carbocycles. The Morgan fingerprint density at radius 3 is 2.55 bits per heavy atom. The number of aliphatic hydroxyl groups excluding tert-OH is 1. The molecule has 0 heterocycles. The molecule has 0 fully saturated rings. The molecule has 0 saturated heterocycles. The zero-order valence-electron chi connectivity index (χ0n) is 11.2. The number of methoxy groups -OCH3 is 1. The van der Waals surface area contributed by atoms with Gasteiger partial charge in [0.15, 0.2) is 6.04 Å². The molecule has 0 saturated carbocycles. The van der Waals surface area contributed by atoms with Crippen LogP contribution in [0.25, 0.3) is 6.08 Å². The number of carboxylic acids is 1. The quantitative estimate of drug-likeness (QED) is 0.665. The van der Waals surface area contributed by atoms with Gasteiger partial charge in [-0.2, -0.15) is 0 Å². The van der Waals surface area contributed by atoms with Gasteiger partial charge in [0.2, 0.25) is 5.91 Å².